The number of carboxylic acid groups (broad SMARTS) is 1. The van der Waals surface area contributed by atoms with Gasteiger partial charge in [0.25, 0.3) is 0 Å². The van der Waals surface area contributed by atoms with E-state index in [9.17, 15) is 9.90 Å². The van der Waals surface area contributed by atoms with Gasteiger partial charge in [0.1, 0.15) is 5.75 Å². The molecular formula is C14H10N2O3. The zero-order valence-corrected chi connectivity index (χ0v) is 9.79. The Morgan fingerprint density at radius 1 is 1.21 bits per heavy atom. The summed E-state index contributed by atoms with van der Waals surface area (Å²) in [6.45, 7) is 0. The highest BCUT2D eigenvalue weighted by Crippen LogP contribution is 2.33. The summed E-state index contributed by atoms with van der Waals surface area (Å²) in [6, 6.07) is 8.32. The first-order valence-corrected chi connectivity index (χ1v) is 5.65. The first-order chi connectivity index (χ1) is 9.16. The van der Waals surface area contributed by atoms with Crippen molar-refractivity contribution in [2.24, 2.45) is 0 Å². The molecule has 2 aromatic heterocycles. The lowest BCUT2D eigenvalue weighted by molar-refractivity contribution is 0.0696. The van der Waals surface area contributed by atoms with Crippen molar-refractivity contribution in [3.63, 3.8) is 0 Å². The van der Waals surface area contributed by atoms with Crippen molar-refractivity contribution in [3.05, 3.63) is 48.3 Å². The molecule has 0 aliphatic heterocycles. The van der Waals surface area contributed by atoms with Crippen LogP contribution < -0.4 is 0 Å². The number of pyridine rings is 1. The van der Waals surface area contributed by atoms with Crippen LogP contribution in [-0.4, -0.2) is 26.2 Å². The molecule has 0 bridgehead atoms. The van der Waals surface area contributed by atoms with Gasteiger partial charge >= 0.3 is 5.97 Å². The lowest BCUT2D eigenvalue weighted by Gasteiger charge is -2.01. The van der Waals surface area contributed by atoms with E-state index in [0.29, 0.717) is 11.1 Å². The molecule has 2 heterocycles. The lowest BCUT2D eigenvalue weighted by atomic mass is 10.1. The van der Waals surface area contributed by atoms with Gasteiger partial charge in [0, 0.05) is 23.5 Å². The first kappa shape index (κ1) is 11.3. The van der Waals surface area contributed by atoms with Crippen molar-refractivity contribution in [1.29, 1.82) is 0 Å². The molecule has 3 rings (SSSR count). The molecule has 3 aromatic rings. The van der Waals surface area contributed by atoms with Gasteiger partial charge in [0.2, 0.25) is 0 Å². The Morgan fingerprint density at radius 2 is 2.05 bits per heavy atom. The molecule has 19 heavy (non-hydrogen) atoms. The zero-order chi connectivity index (χ0) is 13.4. The number of fused-ring (bicyclic) bond motifs is 1. The summed E-state index contributed by atoms with van der Waals surface area (Å²) in [7, 11) is 0. The van der Waals surface area contributed by atoms with E-state index < -0.39 is 5.97 Å². The van der Waals surface area contributed by atoms with Crippen LogP contribution in [0.1, 0.15) is 10.4 Å². The molecule has 0 spiro atoms. The highest BCUT2D eigenvalue weighted by atomic mass is 16.4. The SMILES string of the molecule is O=C(O)c1ccc(-c2c[nH]c3cccc(O)c23)nc1. The molecule has 0 fully saturated rings. The number of carboxylic acids is 1. The first-order valence-electron chi connectivity index (χ1n) is 5.65. The molecule has 0 unspecified atom stereocenters. The van der Waals surface area contributed by atoms with Crippen molar-refractivity contribution < 1.29 is 15.0 Å². The van der Waals surface area contributed by atoms with Gasteiger partial charge in [-0.15, -0.1) is 0 Å². The van der Waals surface area contributed by atoms with Crippen LogP contribution >= 0.6 is 0 Å². The van der Waals surface area contributed by atoms with Crippen LogP contribution in [0.3, 0.4) is 0 Å². The number of H-pyrrole nitrogens is 1. The quantitative estimate of drug-likeness (QED) is 0.656. The van der Waals surface area contributed by atoms with E-state index in [1.165, 1.54) is 12.3 Å². The summed E-state index contributed by atoms with van der Waals surface area (Å²) in [5.41, 5.74) is 2.29. The number of hydrogen-bond donors (Lipinski definition) is 3. The number of aromatic carboxylic acids is 1. The number of nitrogens with zero attached hydrogens (tertiary/aromatic N) is 1. The van der Waals surface area contributed by atoms with E-state index in [0.717, 1.165) is 11.1 Å². The number of aromatic nitrogens is 2. The minimum Gasteiger partial charge on any atom is -0.507 e. The van der Waals surface area contributed by atoms with E-state index in [-0.39, 0.29) is 11.3 Å². The van der Waals surface area contributed by atoms with Gasteiger partial charge in [0.05, 0.1) is 16.6 Å². The number of phenols is 1. The molecule has 0 amide bonds. The molecule has 0 saturated carbocycles. The van der Waals surface area contributed by atoms with Gasteiger partial charge in [-0.2, -0.15) is 0 Å². The van der Waals surface area contributed by atoms with Gasteiger partial charge in [0.15, 0.2) is 0 Å². The molecule has 0 radical (unpaired) electrons. The number of aromatic hydroxyl groups is 1. The largest absolute Gasteiger partial charge is 0.507 e. The number of hydrogen-bond acceptors (Lipinski definition) is 3. The van der Waals surface area contributed by atoms with E-state index >= 15 is 0 Å². The molecule has 0 saturated heterocycles. The fraction of sp³-hybridized carbons (Fsp3) is 0. The van der Waals surface area contributed by atoms with Crippen LogP contribution in [-0.2, 0) is 0 Å². The van der Waals surface area contributed by atoms with Gasteiger partial charge in [-0.05, 0) is 24.3 Å². The normalized spacial score (nSPS) is 10.7. The fourth-order valence-corrected chi connectivity index (χ4v) is 2.05. The second-order valence-corrected chi connectivity index (χ2v) is 4.14. The topological polar surface area (TPSA) is 86.2 Å². The summed E-state index contributed by atoms with van der Waals surface area (Å²) in [5.74, 6) is -0.848. The van der Waals surface area contributed by atoms with Crippen molar-refractivity contribution in [2.45, 2.75) is 0 Å². The number of nitrogens with one attached hydrogen (secondary N) is 1. The molecule has 0 aliphatic carbocycles. The average Bonchev–Trinajstić information content (AvgIpc) is 2.84. The van der Waals surface area contributed by atoms with Crippen molar-refractivity contribution in [1.82, 2.24) is 9.97 Å². The van der Waals surface area contributed by atoms with Gasteiger partial charge < -0.3 is 15.2 Å². The third-order valence-electron chi connectivity index (χ3n) is 2.97. The lowest BCUT2D eigenvalue weighted by Crippen LogP contribution is -1.96. The van der Waals surface area contributed by atoms with Crippen LogP contribution in [0.4, 0.5) is 0 Å². The molecule has 0 aliphatic rings. The second-order valence-electron chi connectivity index (χ2n) is 4.14. The van der Waals surface area contributed by atoms with Gasteiger partial charge in [-0.1, -0.05) is 6.07 Å². The average molecular weight is 254 g/mol. The predicted molar refractivity (Wildman–Crippen MR) is 70.2 cm³/mol. The number of phenolic OH excluding ortho intramolecular Hbond substituents is 1. The summed E-state index contributed by atoms with van der Waals surface area (Å²) in [4.78, 5) is 17.9. The number of aromatic amines is 1. The van der Waals surface area contributed by atoms with Crippen LogP contribution in [0.5, 0.6) is 5.75 Å². The van der Waals surface area contributed by atoms with Crippen LogP contribution in [0, 0.1) is 0 Å². The van der Waals surface area contributed by atoms with Crippen molar-refractivity contribution in [3.8, 4) is 17.0 Å². The summed E-state index contributed by atoms with van der Waals surface area (Å²) in [6.07, 6.45) is 3.05. The minimum atomic E-state index is -1.01. The summed E-state index contributed by atoms with van der Waals surface area (Å²) >= 11 is 0. The molecule has 5 heteroatoms. The van der Waals surface area contributed by atoms with Crippen LogP contribution in [0.2, 0.25) is 0 Å². The molecule has 0 atom stereocenters. The van der Waals surface area contributed by atoms with Crippen molar-refractivity contribution >= 4 is 16.9 Å². The van der Waals surface area contributed by atoms with Crippen LogP contribution in [0.25, 0.3) is 22.2 Å². The maximum Gasteiger partial charge on any atom is 0.337 e. The monoisotopic (exact) mass is 254 g/mol. The highest BCUT2D eigenvalue weighted by molar-refractivity contribution is 5.99. The van der Waals surface area contributed by atoms with Crippen molar-refractivity contribution in [2.75, 3.05) is 0 Å². The molecule has 94 valence electrons. The minimum absolute atomic E-state index is 0.132. The second kappa shape index (κ2) is 4.13. The Balaban J connectivity index is 2.16. The van der Waals surface area contributed by atoms with Gasteiger partial charge in [-0.3, -0.25) is 4.98 Å². The van der Waals surface area contributed by atoms with Gasteiger partial charge in [-0.25, -0.2) is 4.79 Å². The Hall–Kier alpha value is -2.82. The van der Waals surface area contributed by atoms with E-state index in [2.05, 4.69) is 9.97 Å². The predicted octanol–water partition coefficient (Wildman–Crippen LogP) is 2.63. The van der Waals surface area contributed by atoms with E-state index in [4.69, 9.17) is 5.11 Å². The third kappa shape index (κ3) is 1.81. The molecule has 3 N–H and O–H groups in total. The van der Waals surface area contributed by atoms with E-state index in [1.54, 1.807) is 24.4 Å². The summed E-state index contributed by atoms with van der Waals surface area (Å²) < 4.78 is 0. The summed E-state index contributed by atoms with van der Waals surface area (Å²) in [5, 5.41) is 19.4. The number of benzene rings is 1. The van der Waals surface area contributed by atoms with Crippen LogP contribution in [0.15, 0.2) is 42.7 Å². The number of rotatable bonds is 2. The maximum atomic E-state index is 10.8. The standard InChI is InChI=1S/C14H10N2O3/c17-12-3-1-2-11-13(12)9(7-16-11)10-5-4-8(6-15-10)14(18)19/h1-7,16-17H,(H,18,19). The Bertz CT molecular complexity index is 760. The zero-order valence-electron chi connectivity index (χ0n) is 9.79. The molecule has 1 aromatic carbocycles. The molecule has 5 nitrogen and oxygen atoms in total. The Morgan fingerprint density at radius 3 is 2.74 bits per heavy atom. The van der Waals surface area contributed by atoms with E-state index in [1.807, 2.05) is 6.07 Å². The smallest absolute Gasteiger partial charge is 0.337 e. The highest BCUT2D eigenvalue weighted by Gasteiger charge is 2.11. The fourth-order valence-electron chi connectivity index (χ4n) is 2.05. The Labute approximate surface area is 108 Å². The maximum absolute atomic E-state index is 10.8. The number of carbonyl (C=O) groups is 1. The third-order valence-corrected chi connectivity index (χ3v) is 2.97. The Kier molecular flexibility index (Phi) is 2.45. The molecular weight excluding hydrogens is 244 g/mol.